The summed E-state index contributed by atoms with van der Waals surface area (Å²) in [6.07, 6.45) is -3.02. The summed E-state index contributed by atoms with van der Waals surface area (Å²) >= 11 is 0. The van der Waals surface area contributed by atoms with E-state index in [9.17, 15) is 28.2 Å². The number of aromatic nitrogens is 2. The van der Waals surface area contributed by atoms with Gasteiger partial charge in [0.25, 0.3) is 0 Å². The van der Waals surface area contributed by atoms with Gasteiger partial charge in [-0.1, -0.05) is 18.2 Å². The average molecular weight is 473 g/mol. The highest BCUT2D eigenvalue weighted by atomic mass is 19.4. The molecule has 0 radical (unpaired) electrons. The number of aliphatic hydroxyl groups is 1. The maximum Gasteiger partial charge on any atom is 0.416 e. The third kappa shape index (κ3) is 4.84. The quantitative estimate of drug-likeness (QED) is 0.447. The van der Waals surface area contributed by atoms with Gasteiger partial charge in [0.15, 0.2) is 0 Å². The molecule has 2 aromatic carbocycles. The molecule has 1 fully saturated rings. The minimum Gasteiger partial charge on any atom is -0.481 e. The van der Waals surface area contributed by atoms with Crippen LogP contribution in [0.5, 0.6) is 0 Å². The van der Waals surface area contributed by atoms with Crippen LogP contribution in [0.2, 0.25) is 0 Å². The van der Waals surface area contributed by atoms with Crippen LogP contribution in [0.1, 0.15) is 61.2 Å². The Bertz CT molecular complexity index is 1220. The molecule has 0 amide bonds. The fourth-order valence-electron chi connectivity index (χ4n) is 4.55. The van der Waals surface area contributed by atoms with Gasteiger partial charge in [0, 0.05) is 11.4 Å². The van der Waals surface area contributed by atoms with Crippen molar-refractivity contribution in [3.05, 3.63) is 65.0 Å². The molecule has 1 aromatic heterocycles. The molecule has 1 heterocycles. The second-order valence-corrected chi connectivity index (χ2v) is 8.98. The van der Waals surface area contributed by atoms with Crippen LogP contribution >= 0.6 is 0 Å². The van der Waals surface area contributed by atoms with Crippen molar-refractivity contribution in [2.45, 2.75) is 57.3 Å². The normalized spacial score (nSPS) is 21.9. The summed E-state index contributed by atoms with van der Waals surface area (Å²) in [4.78, 5) is 20.2. The van der Waals surface area contributed by atoms with Crippen molar-refractivity contribution in [3.63, 3.8) is 0 Å². The minimum atomic E-state index is -4.43. The number of nitrogens with one attached hydrogen (secondary N) is 1. The van der Waals surface area contributed by atoms with Gasteiger partial charge in [0.2, 0.25) is 0 Å². The Labute approximate surface area is 194 Å². The van der Waals surface area contributed by atoms with Gasteiger partial charge in [-0.2, -0.15) is 13.2 Å². The number of fused-ring (bicyclic) bond motifs is 1. The van der Waals surface area contributed by atoms with Crippen molar-refractivity contribution in [2.75, 3.05) is 5.32 Å². The largest absolute Gasteiger partial charge is 0.481 e. The van der Waals surface area contributed by atoms with Gasteiger partial charge < -0.3 is 15.5 Å². The molecule has 1 saturated carbocycles. The van der Waals surface area contributed by atoms with E-state index in [4.69, 9.17) is 0 Å². The predicted octanol–water partition coefficient (Wildman–Crippen LogP) is 5.59. The van der Waals surface area contributed by atoms with Gasteiger partial charge in [0.1, 0.15) is 11.6 Å². The lowest BCUT2D eigenvalue weighted by Gasteiger charge is -2.35. The van der Waals surface area contributed by atoms with Crippen molar-refractivity contribution in [1.82, 2.24) is 9.97 Å². The zero-order chi connectivity index (χ0) is 24.7. The zero-order valence-electron chi connectivity index (χ0n) is 18.9. The van der Waals surface area contributed by atoms with Crippen molar-refractivity contribution in [1.29, 1.82) is 0 Å². The summed E-state index contributed by atoms with van der Waals surface area (Å²) in [5.41, 5.74) is -0.136. The molecule has 3 N–H and O–H groups in total. The van der Waals surface area contributed by atoms with Crippen LogP contribution in [0.3, 0.4) is 0 Å². The third-order valence-electron chi connectivity index (χ3n) is 6.57. The molecule has 6 nitrogen and oxygen atoms in total. The highest BCUT2D eigenvalue weighted by Gasteiger charge is 2.37. The predicted molar refractivity (Wildman–Crippen MR) is 121 cm³/mol. The first-order valence-electron chi connectivity index (χ1n) is 11.1. The number of alkyl halides is 3. The van der Waals surface area contributed by atoms with Crippen molar-refractivity contribution in [2.24, 2.45) is 5.92 Å². The van der Waals surface area contributed by atoms with Crippen molar-refractivity contribution < 1.29 is 28.2 Å². The minimum absolute atomic E-state index is 0.325. The van der Waals surface area contributed by atoms with E-state index in [0.717, 1.165) is 12.1 Å². The summed E-state index contributed by atoms with van der Waals surface area (Å²) < 4.78 is 39.4. The first-order chi connectivity index (χ1) is 16.0. The maximum atomic E-state index is 13.1. The Morgan fingerprint density at radius 1 is 1.15 bits per heavy atom. The highest BCUT2D eigenvalue weighted by molar-refractivity contribution is 5.90. The van der Waals surface area contributed by atoms with Gasteiger partial charge in [-0.05, 0) is 74.9 Å². The lowest BCUT2D eigenvalue weighted by Crippen LogP contribution is -2.33. The number of aliphatic carboxylic acids is 1. The van der Waals surface area contributed by atoms with Crippen LogP contribution in [-0.4, -0.2) is 26.2 Å². The third-order valence-corrected chi connectivity index (χ3v) is 6.57. The molecule has 34 heavy (non-hydrogen) atoms. The molecule has 1 aliphatic rings. The number of hydrogen-bond acceptors (Lipinski definition) is 5. The molecular formula is C25H26F3N3O3. The smallest absolute Gasteiger partial charge is 0.416 e. The molecule has 1 aliphatic carbocycles. The molecule has 180 valence electrons. The fraction of sp³-hybridized carbons (Fsp3) is 0.400. The number of halogens is 3. The monoisotopic (exact) mass is 473 g/mol. The Hall–Kier alpha value is -3.20. The van der Waals surface area contributed by atoms with Crippen LogP contribution in [0.4, 0.5) is 19.0 Å². The number of anilines is 1. The number of carbonyl (C=O) groups is 1. The molecular weight excluding hydrogens is 447 g/mol. The van der Waals surface area contributed by atoms with Crippen LogP contribution in [-0.2, 0) is 16.6 Å². The Balaban J connectivity index is 1.66. The van der Waals surface area contributed by atoms with E-state index in [1.807, 2.05) is 0 Å². The van der Waals surface area contributed by atoms with Crippen molar-refractivity contribution >= 4 is 22.7 Å². The van der Waals surface area contributed by atoms with Gasteiger partial charge >= 0.3 is 12.1 Å². The number of nitrogens with zero attached hydrogens (tertiary/aromatic N) is 2. The Kier molecular flexibility index (Phi) is 6.24. The van der Waals surface area contributed by atoms with E-state index in [1.54, 1.807) is 38.1 Å². The van der Waals surface area contributed by atoms with Gasteiger partial charge in [0.05, 0.1) is 22.6 Å². The van der Waals surface area contributed by atoms with Crippen molar-refractivity contribution in [3.8, 4) is 0 Å². The van der Waals surface area contributed by atoms with Crippen LogP contribution < -0.4 is 5.32 Å². The number of benzene rings is 2. The van der Waals surface area contributed by atoms with E-state index in [1.165, 1.54) is 6.07 Å². The molecule has 0 aliphatic heterocycles. The summed E-state index contributed by atoms with van der Waals surface area (Å²) in [5.74, 6) is -0.353. The summed E-state index contributed by atoms with van der Waals surface area (Å²) in [5, 5.41) is 24.3. The van der Waals surface area contributed by atoms with E-state index in [0.29, 0.717) is 59.4 Å². The van der Waals surface area contributed by atoms with Gasteiger partial charge in [-0.25, -0.2) is 9.97 Å². The fourth-order valence-corrected chi connectivity index (χ4v) is 4.55. The molecule has 4 rings (SSSR count). The molecule has 0 bridgehead atoms. The maximum absolute atomic E-state index is 13.1. The zero-order valence-corrected chi connectivity index (χ0v) is 18.9. The van der Waals surface area contributed by atoms with E-state index >= 15 is 0 Å². The lowest BCUT2D eigenvalue weighted by atomic mass is 9.75. The number of carboxylic acid groups (broad SMARTS) is 1. The number of hydrogen-bond donors (Lipinski definition) is 3. The van der Waals surface area contributed by atoms with Gasteiger partial charge in [-0.3, -0.25) is 4.79 Å². The SMILES string of the molecule is Cc1nc(N[C@H](C)c2cccc(C(F)(F)F)c2)c2cc(C3(O)CCC(C(=O)O)CC3)ccc2n1. The molecule has 3 aromatic rings. The summed E-state index contributed by atoms with van der Waals surface area (Å²) in [7, 11) is 0. The molecule has 9 heteroatoms. The lowest BCUT2D eigenvalue weighted by molar-refractivity contribution is -0.145. The van der Waals surface area contributed by atoms with Gasteiger partial charge in [-0.15, -0.1) is 0 Å². The van der Waals surface area contributed by atoms with Crippen LogP contribution in [0.25, 0.3) is 10.9 Å². The summed E-state index contributed by atoms with van der Waals surface area (Å²) in [6.45, 7) is 3.48. The molecule has 1 atom stereocenters. The summed E-state index contributed by atoms with van der Waals surface area (Å²) in [6, 6.07) is 10.0. The first kappa shape index (κ1) is 23.9. The number of rotatable bonds is 5. The molecule has 0 spiro atoms. The van der Waals surface area contributed by atoms with E-state index in [2.05, 4.69) is 15.3 Å². The Morgan fingerprint density at radius 2 is 1.85 bits per heavy atom. The number of carboxylic acids is 1. The first-order valence-corrected chi connectivity index (χ1v) is 11.1. The number of aryl methyl sites for hydroxylation is 1. The van der Waals surface area contributed by atoms with E-state index in [-0.39, 0.29) is 0 Å². The van der Waals surface area contributed by atoms with E-state index < -0.39 is 35.3 Å². The average Bonchev–Trinajstić information content (AvgIpc) is 2.78. The Morgan fingerprint density at radius 3 is 2.50 bits per heavy atom. The second kappa shape index (κ2) is 8.87. The highest BCUT2D eigenvalue weighted by Crippen LogP contribution is 2.41. The molecule has 0 unspecified atom stereocenters. The second-order valence-electron chi connectivity index (χ2n) is 8.98. The topological polar surface area (TPSA) is 95.3 Å². The van der Waals surface area contributed by atoms with Crippen LogP contribution in [0, 0.1) is 12.8 Å². The molecule has 0 saturated heterocycles. The van der Waals surface area contributed by atoms with Crippen LogP contribution in [0.15, 0.2) is 42.5 Å². The standard InChI is InChI=1S/C25H26F3N3O3/c1-14(17-4-3-5-19(12-17)25(26,27)28)29-22-20-13-18(6-7-21(20)30-15(2)31-22)24(34)10-8-16(9-11-24)23(32)33/h3-7,12-14,16,34H,8-11H2,1-2H3,(H,32,33)(H,29,30,31)/t14-,16?,24?/m1/s1.